The summed E-state index contributed by atoms with van der Waals surface area (Å²) in [4.78, 5) is 12.3. The van der Waals surface area contributed by atoms with Gasteiger partial charge in [-0.05, 0) is 35.9 Å². The Hall–Kier alpha value is -2.17. The van der Waals surface area contributed by atoms with E-state index in [4.69, 9.17) is 32.7 Å². The lowest BCUT2D eigenvalue weighted by molar-refractivity contribution is 0.0585. The van der Waals surface area contributed by atoms with Crippen LogP contribution in [0.3, 0.4) is 0 Å². The van der Waals surface area contributed by atoms with E-state index in [1.54, 1.807) is 12.1 Å². The van der Waals surface area contributed by atoms with E-state index >= 15 is 0 Å². The van der Waals surface area contributed by atoms with Crippen molar-refractivity contribution in [2.75, 3.05) is 14.2 Å². The number of nitrogens with zero attached hydrogens (tertiary/aromatic N) is 1. The Bertz CT molecular complexity index is 901. The molecule has 24 heavy (non-hydrogen) atoms. The lowest BCUT2D eigenvalue weighted by atomic mass is 10.2. The molecule has 0 spiro atoms. The maximum absolute atomic E-state index is 12.3. The van der Waals surface area contributed by atoms with Crippen LogP contribution in [0, 0.1) is 0 Å². The van der Waals surface area contributed by atoms with Crippen LogP contribution in [0.4, 0.5) is 0 Å². The molecule has 0 aliphatic carbocycles. The van der Waals surface area contributed by atoms with Gasteiger partial charge in [0.15, 0.2) is 11.4 Å². The zero-order valence-corrected chi connectivity index (χ0v) is 14.7. The smallest absolute Gasteiger partial charge is 0.358 e. The van der Waals surface area contributed by atoms with Crippen molar-refractivity contribution < 1.29 is 14.3 Å². The molecule has 4 nitrogen and oxygen atoms in total. The summed E-state index contributed by atoms with van der Waals surface area (Å²) in [6.07, 6.45) is 0. The Labute approximate surface area is 149 Å². The molecule has 0 radical (unpaired) electrons. The Kier molecular flexibility index (Phi) is 4.69. The average molecular weight is 364 g/mol. The number of esters is 1. The highest BCUT2D eigenvalue weighted by atomic mass is 35.5. The maximum Gasteiger partial charge on any atom is 0.358 e. The third kappa shape index (κ3) is 2.95. The number of halogens is 2. The monoisotopic (exact) mass is 363 g/mol. The SMILES string of the molecule is COC(=O)c1c(OC)c2cc(Cl)ccc2n1Cc1ccc(Cl)cc1. The number of rotatable bonds is 4. The largest absolute Gasteiger partial charge is 0.494 e. The Morgan fingerprint density at radius 2 is 1.71 bits per heavy atom. The molecular formula is C18H15Cl2NO3. The summed E-state index contributed by atoms with van der Waals surface area (Å²) in [5.41, 5.74) is 2.19. The molecule has 0 unspecified atom stereocenters. The quantitative estimate of drug-likeness (QED) is 0.625. The summed E-state index contributed by atoms with van der Waals surface area (Å²) in [5.74, 6) is -0.0125. The zero-order valence-electron chi connectivity index (χ0n) is 13.2. The van der Waals surface area contributed by atoms with E-state index < -0.39 is 5.97 Å². The molecule has 0 amide bonds. The van der Waals surface area contributed by atoms with Gasteiger partial charge in [0, 0.05) is 22.0 Å². The van der Waals surface area contributed by atoms with Gasteiger partial charge in [-0.15, -0.1) is 0 Å². The summed E-state index contributed by atoms with van der Waals surface area (Å²) in [5, 5.41) is 1.99. The first kappa shape index (κ1) is 16.7. The molecule has 0 N–H and O–H groups in total. The normalized spacial score (nSPS) is 10.8. The average Bonchev–Trinajstić information content (AvgIpc) is 2.88. The molecule has 0 aliphatic heterocycles. The second-order valence-electron chi connectivity index (χ2n) is 5.25. The van der Waals surface area contributed by atoms with Gasteiger partial charge < -0.3 is 14.0 Å². The summed E-state index contributed by atoms with van der Waals surface area (Å²) in [6, 6.07) is 12.9. The van der Waals surface area contributed by atoms with Gasteiger partial charge in [-0.3, -0.25) is 0 Å². The van der Waals surface area contributed by atoms with Gasteiger partial charge in [0.05, 0.1) is 19.7 Å². The van der Waals surface area contributed by atoms with Crippen LogP contribution in [0.15, 0.2) is 42.5 Å². The maximum atomic E-state index is 12.3. The number of carbonyl (C=O) groups excluding carboxylic acids is 1. The van der Waals surface area contributed by atoms with Crippen LogP contribution >= 0.6 is 23.2 Å². The number of fused-ring (bicyclic) bond motifs is 1. The van der Waals surface area contributed by atoms with Gasteiger partial charge >= 0.3 is 5.97 Å². The molecule has 0 saturated carbocycles. The van der Waals surface area contributed by atoms with Crippen LogP contribution < -0.4 is 4.74 Å². The highest BCUT2D eigenvalue weighted by Crippen LogP contribution is 2.36. The molecule has 2 aromatic carbocycles. The predicted molar refractivity (Wildman–Crippen MR) is 95.4 cm³/mol. The van der Waals surface area contributed by atoms with Gasteiger partial charge in [0.2, 0.25) is 0 Å². The topological polar surface area (TPSA) is 40.5 Å². The first-order chi connectivity index (χ1) is 11.5. The van der Waals surface area contributed by atoms with Crippen LogP contribution in [0.5, 0.6) is 5.75 Å². The van der Waals surface area contributed by atoms with E-state index in [9.17, 15) is 4.79 Å². The summed E-state index contributed by atoms with van der Waals surface area (Å²) in [6.45, 7) is 0.475. The van der Waals surface area contributed by atoms with Gasteiger partial charge in [-0.1, -0.05) is 35.3 Å². The first-order valence-corrected chi connectivity index (χ1v) is 7.99. The van der Waals surface area contributed by atoms with E-state index in [-0.39, 0.29) is 0 Å². The van der Waals surface area contributed by atoms with Crippen molar-refractivity contribution in [3.63, 3.8) is 0 Å². The van der Waals surface area contributed by atoms with Crippen LogP contribution in [-0.4, -0.2) is 24.8 Å². The molecule has 3 rings (SSSR count). The van der Waals surface area contributed by atoms with Crippen molar-refractivity contribution >= 4 is 40.1 Å². The molecule has 6 heteroatoms. The predicted octanol–water partition coefficient (Wildman–Crippen LogP) is 4.79. The van der Waals surface area contributed by atoms with E-state index in [2.05, 4.69) is 0 Å². The Morgan fingerprint density at radius 3 is 2.33 bits per heavy atom. The van der Waals surface area contributed by atoms with Crippen LogP contribution in [0.1, 0.15) is 16.1 Å². The lowest BCUT2D eigenvalue weighted by Crippen LogP contribution is -2.12. The lowest BCUT2D eigenvalue weighted by Gasteiger charge is -2.10. The van der Waals surface area contributed by atoms with Crippen molar-refractivity contribution in [2.45, 2.75) is 6.54 Å². The number of ether oxygens (including phenoxy) is 2. The fourth-order valence-electron chi connectivity index (χ4n) is 2.74. The van der Waals surface area contributed by atoms with Gasteiger partial charge in [0.1, 0.15) is 0 Å². The van der Waals surface area contributed by atoms with Crippen molar-refractivity contribution in [1.29, 1.82) is 0 Å². The number of carbonyl (C=O) groups is 1. The number of hydrogen-bond acceptors (Lipinski definition) is 3. The second kappa shape index (κ2) is 6.75. The molecule has 3 aromatic rings. The fourth-order valence-corrected chi connectivity index (χ4v) is 3.04. The summed E-state index contributed by atoms with van der Waals surface area (Å²) in [7, 11) is 2.87. The van der Waals surface area contributed by atoms with Crippen molar-refractivity contribution in [2.24, 2.45) is 0 Å². The standard InChI is InChI=1S/C18H15Cl2NO3/c1-23-17-14-9-13(20)7-8-15(14)21(16(17)18(22)24-2)10-11-3-5-12(19)6-4-11/h3-9H,10H2,1-2H3. The third-order valence-corrected chi connectivity index (χ3v) is 4.30. The molecule has 0 fully saturated rings. The number of hydrogen-bond donors (Lipinski definition) is 0. The minimum Gasteiger partial charge on any atom is -0.494 e. The second-order valence-corrected chi connectivity index (χ2v) is 6.12. The molecule has 0 saturated heterocycles. The van der Waals surface area contributed by atoms with Gasteiger partial charge in [-0.2, -0.15) is 0 Å². The summed E-state index contributed by atoms with van der Waals surface area (Å²) < 4.78 is 12.3. The molecule has 0 atom stereocenters. The Morgan fingerprint density at radius 1 is 1.04 bits per heavy atom. The third-order valence-electron chi connectivity index (χ3n) is 3.82. The van der Waals surface area contributed by atoms with Gasteiger partial charge in [0.25, 0.3) is 0 Å². The number of benzene rings is 2. The number of methoxy groups -OCH3 is 2. The van der Waals surface area contributed by atoms with E-state index in [0.717, 1.165) is 16.5 Å². The first-order valence-electron chi connectivity index (χ1n) is 7.23. The fraction of sp³-hybridized carbons (Fsp3) is 0.167. The van der Waals surface area contributed by atoms with Crippen molar-refractivity contribution in [3.8, 4) is 5.75 Å². The molecule has 1 aromatic heterocycles. The molecule has 0 aliphatic rings. The highest BCUT2D eigenvalue weighted by molar-refractivity contribution is 6.31. The van der Waals surface area contributed by atoms with Crippen molar-refractivity contribution in [3.05, 3.63) is 63.8 Å². The highest BCUT2D eigenvalue weighted by Gasteiger charge is 2.24. The zero-order chi connectivity index (χ0) is 17.3. The van der Waals surface area contributed by atoms with Crippen LogP contribution in [-0.2, 0) is 11.3 Å². The minimum atomic E-state index is -0.465. The van der Waals surface area contributed by atoms with Crippen molar-refractivity contribution in [1.82, 2.24) is 4.57 Å². The molecular weight excluding hydrogens is 349 g/mol. The van der Waals surface area contributed by atoms with E-state index in [1.165, 1.54) is 14.2 Å². The molecule has 1 heterocycles. The number of aromatic nitrogens is 1. The molecule has 124 valence electrons. The minimum absolute atomic E-state index is 0.354. The van der Waals surface area contributed by atoms with Crippen LogP contribution in [0.2, 0.25) is 10.0 Å². The summed E-state index contributed by atoms with van der Waals surface area (Å²) >= 11 is 12.0. The van der Waals surface area contributed by atoms with Gasteiger partial charge in [-0.25, -0.2) is 4.79 Å². The van der Waals surface area contributed by atoms with E-state index in [0.29, 0.717) is 28.0 Å². The molecule has 0 bridgehead atoms. The van der Waals surface area contributed by atoms with E-state index in [1.807, 2.05) is 34.9 Å². The van der Waals surface area contributed by atoms with Crippen LogP contribution in [0.25, 0.3) is 10.9 Å². The Balaban J connectivity index is 2.23.